The van der Waals surface area contributed by atoms with Crippen LogP contribution >= 0.6 is 12.4 Å². The van der Waals surface area contributed by atoms with E-state index in [4.69, 9.17) is 10.5 Å². The van der Waals surface area contributed by atoms with Crippen LogP contribution in [0.2, 0.25) is 0 Å². The monoisotopic (exact) mass is 651 g/mol. The molecule has 0 spiro atoms. The Kier molecular flexibility index (Phi) is 16.7. The first-order valence-electron chi connectivity index (χ1n) is 15.1. The Morgan fingerprint density at radius 3 is 2.38 bits per heavy atom. The van der Waals surface area contributed by atoms with E-state index in [2.05, 4.69) is 5.32 Å². The number of aliphatic hydroxyl groups excluding tert-OH is 3. The number of primary amides is 1. The molecule has 0 aromatic carbocycles. The van der Waals surface area contributed by atoms with Gasteiger partial charge >= 0.3 is 6.09 Å². The molecule has 11 nitrogen and oxygen atoms in total. The van der Waals surface area contributed by atoms with Crippen LogP contribution in [0.5, 0.6) is 0 Å². The van der Waals surface area contributed by atoms with Crippen LogP contribution < -0.4 is 11.1 Å². The molecule has 0 radical (unpaired) electrons. The van der Waals surface area contributed by atoms with E-state index < -0.39 is 54.4 Å². The van der Waals surface area contributed by atoms with E-state index in [0.29, 0.717) is 36.0 Å². The topological polar surface area (TPSA) is 179 Å². The number of aliphatic hydroxyl groups is 3. The number of rotatable bonds is 7. The van der Waals surface area contributed by atoms with Crippen molar-refractivity contribution in [3.8, 4) is 0 Å². The number of hydrogen-bond acceptors (Lipinski definition) is 9. The Hall–Kier alpha value is -3.09. The number of nitrogens with two attached hydrogens (primary N) is 1. The van der Waals surface area contributed by atoms with Crippen LogP contribution in [0.4, 0.5) is 4.79 Å². The summed E-state index contributed by atoms with van der Waals surface area (Å²) in [6, 6.07) is 0. The van der Waals surface area contributed by atoms with Crippen LogP contribution in [0.3, 0.4) is 0 Å². The molecule has 0 aromatic heterocycles. The predicted octanol–water partition coefficient (Wildman–Crippen LogP) is 2.76. The highest BCUT2D eigenvalue weighted by molar-refractivity contribution is 6.23. The fraction of sp³-hybridized carbons (Fsp3) is 0.576. The second-order valence-electron chi connectivity index (χ2n) is 12.3. The number of hydrogen-bond donors (Lipinski definition) is 5. The van der Waals surface area contributed by atoms with Gasteiger partial charge in [-0.05, 0) is 71.7 Å². The highest BCUT2D eigenvalue weighted by Gasteiger charge is 2.33. The molecule has 1 heterocycles. The van der Waals surface area contributed by atoms with Crippen molar-refractivity contribution in [1.29, 1.82) is 0 Å². The number of amides is 2. The van der Waals surface area contributed by atoms with Crippen LogP contribution in [-0.2, 0) is 19.1 Å². The Bertz CT molecular complexity index is 1240. The highest BCUT2D eigenvalue weighted by atomic mass is 35.5. The maximum Gasteiger partial charge on any atom is 0.405 e. The fourth-order valence-electron chi connectivity index (χ4n) is 5.73. The highest BCUT2D eigenvalue weighted by Crippen LogP contribution is 2.32. The molecule has 2 rings (SSSR count). The minimum Gasteiger partial charge on any atom is -0.441 e. The molecule has 12 heteroatoms. The standard InChI is InChI=1S/C33H49N3O8.ClH/c1-19-13-24(18-38)29(40)21(3)15-22(4)31(44-33(34)43)23(17-37)10-7-9-20(2)32(42)35-27-16-28(39)25(11-8-12-36(5)6)26(14-19)30(27)41;/h7,9-10,15-16,19,21,23-24,29,31,37-38,40H,8,11-14,17-18H2,1-6H3,(H2,34,43)(H,35,42);1H/b10-7-,20-9+,22-15+;/t19-,21-,23+,24+,29+,31-;/m0./s1. The van der Waals surface area contributed by atoms with Crippen molar-refractivity contribution in [1.82, 2.24) is 10.2 Å². The predicted molar refractivity (Wildman–Crippen MR) is 174 cm³/mol. The van der Waals surface area contributed by atoms with Crippen molar-refractivity contribution < 1.29 is 39.2 Å². The molecule has 0 aromatic rings. The van der Waals surface area contributed by atoms with Gasteiger partial charge in [-0.2, -0.15) is 0 Å². The van der Waals surface area contributed by atoms with Crippen molar-refractivity contribution in [3.63, 3.8) is 0 Å². The summed E-state index contributed by atoms with van der Waals surface area (Å²) >= 11 is 0. The van der Waals surface area contributed by atoms with E-state index in [1.807, 2.05) is 25.9 Å². The molecule has 0 unspecified atom stereocenters. The van der Waals surface area contributed by atoms with Crippen molar-refractivity contribution in [2.24, 2.45) is 29.4 Å². The number of fused-ring (bicyclic) bond motifs is 2. The van der Waals surface area contributed by atoms with Gasteiger partial charge in [0.1, 0.15) is 6.10 Å². The van der Waals surface area contributed by atoms with Crippen LogP contribution in [0.15, 0.2) is 58.4 Å². The number of ketones is 2. The van der Waals surface area contributed by atoms with Gasteiger partial charge in [-0.3, -0.25) is 14.4 Å². The molecule has 6 N–H and O–H groups in total. The number of carbonyl (C=O) groups excluding carboxylic acids is 4. The van der Waals surface area contributed by atoms with Gasteiger partial charge in [0, 0.05) is 47.2 Å². The average molecular weight is 652 g/mol. The maximum atomic E-state index is 13.7. The van der Waals surface area contributed by atoms with Gasteiger partial charge in [0.25, 0.3) is 5.91 Å². The third-order valence-corrected chi connectivity index (χ3v) is 8.13. The summed E-state index contributed by atoms with van der Waals surface area (Å²) in [5.41, 5.74) is 6.74. The van der Waals surface area contributed by atoms with Crippen LogP contribution in [-0.4, -0.2) is 89.8 Å². The molecule has 0 saturated carbocycles. The Morgan fingerprint density at radius 1 is 1.13 bits per heavy atom. The van der Waals surface area contributed by atoms with Gasteiger partial charge in [0.05, 0.1) is 18.4 Å². The Labute approximate surface area is 272 Å². The number of nitrogens with one attached hydrogen (secondary N) is 1. The summed E-state index contributed by atoms with van der Waals surface area (Å²) < 4.78 is 5.33. The molecule has 1 aliphatic heterocycles. The van der Waals surface area contributed by atoms with E-state index in [1.165, 1.54) is 25.2 Å². The Morgan fingerprint density at radius 2 is 1.80 bits per heavy atom. The number of carbonyl (C=O) groups is 4. The van der Waals surface area contributed by atoms with Gasteiger partial charge in [-0.15, -0.1) is 12.4 Å². The van der Waals surface area contributed by atoms with E-state index >= 15 is 0 Å². The number of ether oxygens (including phenoxy) is 1. The normalized spacial score (nSPS) is 30.4. The second-order valence-corrected chi connectivity index (χ2v) is 12.3. The molecule has 2 bridgehead atoms. The molecule has 2 amide bonds. The van der Waals surface area contributed by atoms with Gasteiger partial charge in [0.2, 0.25) is 5.78 Å². The zero-order valence-electron chi connectivity index (χ0n) is 27.1. The minimum absolute atomic E-state index is 0. The second kappa shape index (κ2) is 18.8. The molecular weight excluding hydrogens is 602 g/mol. The molecule has 252 valence electrons. The minimum atomic E-state index is -1.04. The molecule has 6 atom stereocenters. The van der Waals surface area contributed by atoms with Crippen LogP contribution in [0.25, 0.3) is 0 Å². The van der Waals surface area contributed by atoms with Crippen LogP contribution in [0.1, 0.15) is 53.4 Å². The number of allylic oxidation sites excluding steroid dienone is 5. The van der Waals surface area contributed by atoms with E-state index in [1.54, 1.807) is 26.0 Å². The van der Waals surface area contributed by atoms with Crippen molar-refractivity contribution in [2.45, 2.75) is 65.6 Å². The van der Waals surface area contributed by atoms with E-state index in [0.717, 1.165) is 6.54 Å². The fourth-order valence-corrected chi connectivity index (χ4v) is 5.73. The van der Waals surface area contributed by atoms with Gasteiger partial charge in [0.15, 0.2) is 5.78 Å². The van der Waals surface area contributed by atoms with Crippen molar-refractivity contribution in [2.75, 3.05) is 33.9 Å². The average Bonchev–Trinajstić information content (AvgIpc) is 2.95. The molecule has 0 saturated heterocycles. The number of halogens is 1. The zero-order chi connectivity index (χ0) is 33.1. The quantitative estimate of drug-likeness (QED) is 0.204. The van der Waals surface area contributed by atoms with Crippen LogP contribution in [0, 0.1) is 23.7 Å². The molecule has 45 heavy (non-hydrogen) atoms. The lowest BCUT2D eigenvalue weighted by Crippen LogP contribution is -2.34. The number of nitrogens with zero attached hydrogens (tertiary/aromatic N) is 1. The summed E-state index contributed by atoms with van der Waals surface area (Å²) in [7, 11) is 3.86. The summed E-state index contributed by atoms with van der Waals surface area (Å²) in [4.78, 5) is 53.7. The third kappa shape index (κ3) is 11.7. The lowest BCUT2D eigenvalue weighted by atomic mass is 9.79. The summed E-state index contributed by atoms with van der Waals surface area (Å²) in [5.74, 6) is -3.32. The number of Topliss-reactive ketones (excluding diaryl/α,β-unsaturated/α-hetero) is 1. The lowest BCUT2D eigenvalue weighted by Gasteiger charge is -2.30. The van der Waals surface area contributed by atoms with Gasteiger partial charge < -0.3 is 36.0 Å². The van der Waals surface area contributed by atoms with E-state index in [-0.39, 0.29) is 48.4 Å². The molecule has 2 aliphatic rings. The summed E-state index contributed by atoms with van der Waals surface area (Å²) in [5, 5.41) is 34.2. The summed E-state index contributed by atoms with van der Waals surface area (Å²) in [6.45, 7) is 6.89. The third-order valence-electron chi connectivity index (χ3n) is 8.13. The van der Waals surface area contributed by atoms with Crippen molar-refractivity contribution >= 4 is 36.0 Å². The SMILES string of the molecule is C/C1=C\C=C/[C@H](CO)[C@@H](OC(N)=O)/C(C)=C/[C@H](C)[C@@H](O)[C@@H](CO)C[C@H](C)CC2=C(CCCN(C)C)C(=O)C=C(NC1=O)C2=O.Cl. The first-order valence-corrected chi connectivity index (χ1v) is 15.1. The van der Waals surface area contributed by atoms with Crippen molar-refractivity contribution in [3.05, 3.63) is 58.4 Å². The molecule has 1 aliphatic carbocycles. The van der Waals surface area contributed by atoms with Gasteiger partial charge in [-0.1, -0.05) is 38.2 Å². The zero-order valence-corrected chi connectivity index (χ0v) is 27.9. The maximum absolute atomic E-state index is 13.7. The van der Waals surface area contributed by atoms with E-state index in [9.17, 15) is 34.5 Å². The smallest absolute Gasteiger partial charge is 0.405 e. The first-order chi connectivity index (χ1) is 20.7. The lowest BCUT2D eigenvalue weighted by molar-refractivity contribution is -0.120. The summed E-state index contributed by atoms with van der Waals surface area (Å²) in [6.07, 6.45) is 6.12. The molecule has 0 fully saturated rings. The van der Waals surface area contributed by atoms with Gasteiger partial charge in [-0.25, -0.2) is 4.79 Å². The Balaban J connectivity index is 0.0000101. The first kappa shape index (κ1) is 39.9. The largest absolute Gasteiger partial charge is 0.441 e. The molecular formula is C33H50ClN3O8.